The van der Waals surface area contributed by atoms with Gasteiger partial charge in [-0.15, -0.1) is 0 Å². The summed E-state index contributed by atoms with van der Waals surface area (Å²) in [6.45, 7) is 6.67. The van der Waals surface area contributed by atoms with Crippen LogP contribution >= 0.6 is 0 Å². The standard InChI is InChI=1S/C25H29FN6O3/c1-25(2,3)35-24(33)32-14-6-7-16(15-32)30-23-29-13-11-19(31-23)17-8-5-12-28-22(17)34-20-10-4-9-18(27)21(20)26/h4-5,8-13,16H,6-7,14-15,27H2,1-3H3,(H,29,30,31). The monoisotopic (exact) mass is 480 g/mol. The molecule has 0 saturated carbocycles. The summed E-state index contributed by atoms with van der Waals surface area (Å²) in [5.74, 6) is -0.0818. The molecule has 1 aliphatic heterocycles. The summed E-state index contributed by atoms with van der Waals surface area (Å²) in [4.78, 5) is 27.4. The molecule has 1 aromatic carbocycles. The maximum Gasteiger partial charge on any atom is 0.410 e. The molecule has 35 heavy (non-hydrogen) atoms. The zero-order chi connectivity index (χ0) is 25.0. The number of aromatic nitrogens is 3. The van der Waals surface area contributed by atoms with Crippen LogP contribution in [0.4, 0.5) is 20.8 Å². The number of pyridine rings is 1. The number of hydrogen-bond acceptors (Lipinski definition) is 8. The predicted octanol–water partition coefficient (Wildman–Crippen LogP) is 4.86. The smallest absolute Gasteiger partial charge is 0.410 e. The normalized spacial score (nSPS) is 16.0. The van der Waals surface area contributed by atoms with Gasteiger partial charge in [0, 0.05) is 31.5 Å². The number of benzene rings is 1. The van der Waals surface area contributed by atoms with Gasteiger partial charge in [-0.25, -0.2) is 24.1 Å². The third kappa shape index (κ3) is 6.14. The highest BCUT2D eigenvalue weighted by molar-refractivity contribution is 5.68. The number of hydrogen-bond donors (Lipinski definition) is 2. The van der Waals surface area contributed by atoms with Crippen molar-refractivity contribution in [2.45, 2.75) is 45.3 Å². The van der Waals surface area contributed by atoms with Crippen LogP contribution in [0.5, 0.6) is 11.6 Å². The first-order valence-corrected chi connectivity index (χ1v) is 11.4. The summed E-state index contributed by atoms with van der Waals surface area (Å²) in [6, 6.07) is 9.76. The zero-order valence-electron chi connectivity index (χ0n) is 20.0. The van der Waals surface area contributed by atoms with Gasteiger partial charge in [-0.3, -0.25) is 0 Å². The number of halogens is 1. The molecule has 4 rings (SSSR count). The molecule has 10 heteroatoms. The number of anilines is 2. The van der Waals surface area contributed by atoms with Crippen LogP contribution in [0.25, 0.3) is 11.3 Å². The van der Waals surface area contributed by atoms with Crippen LogP contribution in [0, 0.1) is 5.82 Å². The molecule has 1 amide bonds. The van der Waals surface area contributed by atoms with E-state index in [-0.39, 0.29) is 29.5 Å². The van der Waals surface area contributed by atoms with E-state index < -0.39 is 11.4 Å². The van der Waals surface area contributed by atoms with Crippen molar-refractivity contribution >= 4 is 17.7 Å². The summed E-state index contributed by atoms with van der Waals surface area (Å²) in [5, 5.41) is 3.32. The van der Waals surface area contributed by atoms with Crippen molar-refractivity contribution in [2.75, 3.05) is 24.1 Å². The van der Waals surface area contributed by atoms with E-state index in [1.54, 1.807) is 41.6 Å². The van der Waals surface area contributed by atoms with Crippen LogP contribution in [-0.4, -0.2) is 50.7 Å². The highest BCUT2D eigenvalue weighted by Gasteiger charge is 2.28. The Labute approximate surface area is 203 Å². The molecular weight excluding hydrogens is 451 g/mol. The molecular formula is C25H29FN6O3. The van der Waals surface area contributed by atoms with Gasteiger partial charge in [0.25, 0.3) is 0 Å². The second-order valence-corrected chi connectivity index (χ2v) is 9.29. The summed E-state index contributed by atoms with van der Waals surface area (Å²) in [5.41, 5.74) is 6.21. The van der Waals surface area contributed by atoms with Gasteiger partial charge < -0.3 is 25.4 Å². The lowest BCUT2D eigenvalue weighted by Crippen LogP contribution is -2.47. The predicted molar refractivity (Wildman–Crippen MR) is 131 cm³/mol. The van der Waals surface area contributed by atoms with Gasteiger partial charge in [0.05, 0.1) is 16.9 Å². The van der Waals surface area contributed by atoms with Crippen LogP contribution in [0.3, 0.4) is 0 Å². The number of carbonyl (C=O) groups excluding carboxylic acids is 1. The lowest BCUT2D eigenvalue weighted by molar-refractivity contribution is 0.0206. The van der Waals surface area contributed by atoms with E-state index in [1.165, 1.54) is 12.1 Å². The van der Waals surface area contributed by atoms with Gasteiger partial charge in [0.15, 0.2) is 11.6 Å². The van der Waals surface area contributed by atoms with Gasteiger partial charge in [-0.1, -0.05) is 6.07 Å². The molecule has 1 aliphatic rings. The lowest BCUT2D eigenvalue weighted by atomic mass is 10.1. The van der Waals surface area contributed by atoms with Crippen molar-refractivity contribution in [1.82, 2.24) is 19.9 Å². The fraction of sp³-hybridized carbons (Fsp3) is 0.360. The molecule has 0 bridgehead atoms. The number of nitrogens with one attached hydrogen (secondary N) is 1. The second kappa shape index (κ2) is 10.1. The van der Waals surface area contributed by atoms with Crippen molar-refractivity contribution < 1.29 is 18.7 Å². The first-order valence-electron chi connectivity index (χ1n) is 11.4. The van der Waals surface area contributed by atoms with Crippen molar-refractivity contribution in [3.05, 3.63) is 54.6 Å². The Hall–Kier alpha value is -3.95. The average molecular weight is 481 g/mol. The van der Waals surface area contributed by atoms with E-state index in [0.717, 1.165) is 12.8 Å². The number of likely N-dealkylation sites (tertiary alicyclic amines) is 1. The fourth-order valence-electron chi connectivity index (χ4n) is 3.73. The second-order valence-electron chi connectivity index (χ2n) is 9.29. The maximum absolute atomic E-state index is 14.4. The summed E-state index contributed by atoms with van der Waals surface area (Å²) < 4.78 is 25.6. The maximum atomic E-state index is 14.4. The van der Waals surface area contributed by atoms with E-state index in [2.05, 4.69) is 20.3 Å². The van der Waals surface area contributed by atoms with Crippen LogP contribution in [-0.2, 0) is 4.74 Å². The molecule has 0 spiro atoms. The summed E-state index contributed by atoms with van der Waals surface area (Å²) in [6.07, 6.45) is 4.55. The van der Waals surface area contributed by atoms with Gasteiger partial charge in [-0.2, -0.15) is 0 Å². The molecule has 9 nitrogen and oxygen atoms in total. The topological polar surface area (TPSA) is 115 Å². The van der Waals surface area contributed by atoms with Gasteiger partial charge >= 0.3 is 6.09 Å². The highest BCUT2D eigenvalue weighted by Crippen LogP contribution is 2.33. The minimum absolute atomic E-state index is 0.0126. The van der Waals surface area contributed by atoms with E-state index >= 15 is 0 Å². The van der Waals surface area contributed by atoms with Crippen molar-refractivity contribution in [3.8, 4) is 22.9 Å². The number of nitrogens with two attached hydrogens (primary N) is 1. The number of nitrogens with zero attached hydrogens (tertiary/aromatic N) is 4. The Kier molecular flexibility index (Phi) is 6.99. The van der Waals surface area contributed by atoms with E-state index in [1.807, 2.05) is 20.8 Å². The van der Waals surface area contributed by atoms with Gasteiger partial charge in [0.2, 0.25) is 11.8 Å². The molecule has 1 unspecified atom stereocenters. The highest BCUT2D eigenvalue weighted by atomic mass is 19.1. The minimum Gasteiger partial charge on any atom is -0.444 e. The molecule has 1 atom stereocenters. The molecule has 1 saturated heterocycles. The van der Waals surface area contributed by atoms with Gasteiger partial charge in [-0.05, 0) is 63.9 Å². The van der Waals surface area contributed by atoms with Crippen molar-refractivity contribution in [3.63, 3.8) is 0 Å². The molecule has 3 aromatic rings. The number of piperidine rings is 1. The SMILES string of the molecule is CC(C)(C)OC(=O)N1CCCC(Nc2nccc(-c3cccnc3Oc3cccc(N)c3F)n2)C1. The number of carbonyl (C=O) groups is 1. The quantitative estimate of drug-likeness (QED) is 0.497. The van der Waals surface area contributed by atoms with Crippen LogP contribution in [0.2, 0.25) is 0 Å². The minimum atomic E-state index is -0.652. The Morgan fingerprint density at radius 3 is 2.80 bits per heavy atom. The van der Waals surface area contributed by atoms with E-state index in [9.17, 15) is 9.18 Å². The molecule has 0 radical (unpaired) electrons. The van der Waals surface area contributed by atoms with Crippen molar-refractivity contribution in [2.24, 2.45) is 0 Å². The Morgan fingerprint density at radius 2 is 2.00 bits per heavy atom. The molecule has 1 fully saturated rings. The average Bonchev–Trinajstić information content (AvgIpc) is 2.82. The number of nitrogen functional groups attached to an aromatic ring is 1. The largest absolute Gasteiger partial charge is 0.444 e. The van der Waals surface area contributed by atoms with Crippen molar-refractivity contribution in [1.29, 1.82) is 0 Å². The van der Waals surface area contributed by atoms with Crippen LogP contribution in [0.15, 0.2) is 48.8 Å². The number of amides is 1. The Bertz CT molecular complexity index is 1200. The fourth-order valence-corrected chi connectivity index (χ4v) is 3.73. The molecule has 3 heterocycles. The molecule has 0 aliphatic carbocycles. The summed E-state index contributed by atoms with van der Waals surface area (Å²) >= 11 is 0. The van der Waals surface area contributed by atoms with Gasteiger partial charge in [0.1, 0.15) is 5.60 Å². The number of ether oxygens (including phenoxy) is 2. The van der Waals surface area contributed by atoms with E-state index in [4.69, 9.17) is 15.2 Å². The third-order valence-corrected chi connectivity index (χ3v) is 5.31. The first kappa shape index (κ1) is 24.2. The molecule has 2 aromatic heterocycles. The Morgan fingerprint density at radius 1 is 1.17 bits per heavy atom. The zero-order valence-corrected chi connectivity index (χ0v) is 20.0. The summed E-state index contributed by atoms with van der Waals surface area (Å²) in [7, 11) is 0. The molecule has 3 N–H and O–H groups in total. The van der Waals surface area contributed by atoms with E-state index in [0.29, 0.717) is 30.3 Å². The Balaban J connectivity index is 1.50. The number of rotatable bonds is 5. The van der Waals surface area contributed by atoms with Crippen LogP contribution in [0.1, 0.15) is 33.6 Å². The first-order chi connectivity index (χ1) is 16.7. The van der Waals surface area contributed by atoms with Crippen LogP contribution < -0.4 is 15.8 Å². The third-order valence-electron chi connectivity index (χ3n) is 5.31. The molecule has 184 valence electrons. The lowest BCUT2D eigenvalue weighted by Gasteiger charge is -2.34.